The highest BCUT2D eigenvalue weighted by Crippen LogP contribution is 2.44. The molecule has 4 heterocycles. The van der Waals surface area contributed by atoms with Crippen LogP contribution in [-0.4, -0.2) is 14.4 Å². The first-order chi connectivity index (χ1) is 17.8. The Bertz CT molecular complexity index is 2320. The summed E-state index contributed by atoms with van der Waals surface area (Å²) >= 11 is 1.86. The van der Waals surface area contributed by atoms with Gasteiger partial charge in [-0.3, -0.25) is 4.40 Å². The lowest BCUT2D eigenvalue weighted by Crippen LogP contribution is -1.88. The van der Waals surface area contributed by atoms with Crippen molar-refractivity contribution in [2.24, 2.45) is 0 Å². The smallest absolute Gasteiger partial charge is 0.165 e. The van der Waals surface area contributed by atoms with Gasteiger partial charge in [-0.1, -0.05) is 60.7 Å². The molecule has 0 aliphatic carbocycles. The Morgan fingerprint density at radius 3 is 2.25 bits per heavy atom. The monoisotopic (exact) mass is 475 g/mol. The van der Waals surface area contributed by atoms with E-state index in [0.717, 1.165) is 27.6 Å². The zero-order valence-electron chi connectivity index (χ0n) is 19.1. The molecule has 0 saturated carbocycles. The molecule has 0 amide bonds. The number of para-hydroxylation sites is 3. The summed E-state index contributed by atoms with van der Waals surface area (Å²) in [5.41, 5.74) is 8.60. The molecule has 0 saturated heterocycles. The summed E-state index contributed by atoms with van der Waals surface area (Å²) in [4.78, 5) is 10.2. The number of benzene rings is 5. The first-order valence-electron chi connectivity index (χ1n) is 12.1. The van der Waals surface area contributed by atoms with Gasteiger partial charge in [0.15, 0.2) is 5.65 Å². The van der Waals surface area contributed by atoms with Crippen molar-refractivity contribution in [1.29, 1.82) is 0 Å². The zero-order chi connectivity index (χ0) is 23.4. The Morgan fingerprint density at radius 1 is 0.583 bits per heavy atom. The van der Waals surface area contributed by atoms with E-state index in [1.165, 1.54) is 53.1 Å². The Kier molecular flexibility index (Phi) is 3.42. The van der Waals surface area contributed by atoms with Crippen molar-refractivity contribution in [3.05, 3.63) is 103 Å². The molecule has 0 aliphatic heterocycles. The van der Waals surface area contributed by atoms with Crippen molar-refractivity contribution >= 4 is 80.9 Å². The second-order valence-corrected chi connectivity index (χ2v) is 10.5. The lowest BCUT2D eigenvalue weighted by atomic mass is 9.96. The number of fused-ring (bicyclic) bond motifs is 10. The van der Waals surface area contributed by atoms with Crippen LogP contribution < -0.4 is 0 Å². The molecule has 4 aromatic heterocycles. The van der Waals surface area contributed by atoms with Gasteiger partial charge >= 0.3 is 0 Å². The van der Waals surface area contributed by atoms with Crippen molar-refractivity contribution in [2.45, 2.75) is 0 Å². The van der Waals surface area contributed by atoms with Gasteiger partial charge < -0.3 is 0 Å². The predicted octanol–water partition coefficient (Wildman–Crippen LogP) is 8.81. The minimum absolute atomic E-state index is 0.921. The van der Waals surface area contributed by atoms with Gasteiger partial charge in [-0.2, -0.15) is 0 Å². The first kappa shape index (κ1) is 18.7. The fraction of sp³-hybridized carbons (Fsp3) is 0. The van der Waals surface area contributed by atoms with Crippen molar-refractivity contribution < 1.29 is 0 Å². The highest BCUT2D eigenvalue weighted by Gasteiger charge is 2.22. The maximum atomic E-state index is 5.09. The van der Waals surface area contributed by atoms with Crippen LogP contribution in [0.5, 0.6) is 0 Å². The fourth-order valence-electron chi connectivity index (χ4n) is 5.97. The van der Waals surface area contributed by atoms with Gasteiger partial charge in [0.2, 0.25) is 0 Å². The highest BCUT2D eigenvalue weighted by molar-refractivity contribution is 7.25. The van der Waals surface area contributed by atoms with Gasteiger partial charge in [-0.15, -0.1) is 11.3 Å². The third kappa shape index (κ3) is 2.27. The van der Waals surface area contributed by atoms with Crippen molar-refractivity contribution in [3.8, 4) is 11.1 Å². The van der Waals surface area contributed by atoms with Crippen LogP contribution in [0.4, 0.5) is 0 Å². The van der Waals surface area contributed by atoms with E-state index in [4.69, 9.17) is 9.97 Å². The van der Waals surface area contributed by atoms with E-state index in [-0.39, 0.29) is 0 Å². The van der Waals surface area contributed by atoms with E-state index in [9.17, 15) is 0 Å². The maximum Gasteiger partial charge on any atom is 0.165 e. The molecule has 0 atom stereocenters. The van der Waals surface area contributed by atoms with E-state index in [2.05, 4.69) is 83.3 Å². The topological polar surface area (TPSA) is 30.2 Å². The average molecular weight is 476 g/mol. The molecule has 5 aromatic carbocycles. The highest BCUT2D eigenvalue weighted by atomic mass is 32.1. The number of rotatable bonds is 1. The van der Waals surface area contributed by atoms with E-state index < -0.39 is 0 Å². The quantitative estimate of drug-likeness (QED) is 0.237. The molecule has 9 aromatic rings. The van der Waals surface area contributed by atoms with E-state index in [1.54, 1.807) is 0 Å². The van der Waals surface area contributed by atoms with Gasteiger partial charge in [-0.05, 0) is 53.6 Å². The Labute approximate surface area is 209 Å². The van der Waals surface area contributed by atoms with Gasteiger partial charge in [0.25, 0.3) is 0 Å². The Morgan fingerprint density at radius 2 is 1.33 bits per heavy atom. The summed E-state index contributed by atoms with van der Waals surface area (Å²) < 4.78 is 4.97. The summed E-state index contributed by atoms with van der Waals surface area (Å²) in [6.45, 7) is 0. The number of hydrogen-bond acceptors (Lipinski definition) is 3. The van der Waals surface area contributed by atoms with Gasteiger partial charge in [0, 0.05) is 36.3 Å². The molecule has 0 radical (unpaired) electrons. The van der Waals surface area contributed by atoms with Crippen LogP contribution in [0.25, 0.3) is 80.7 Å². The minimum atomic E-state index is 0.921. The zero-order valence-corrected chi connectivity index (χ0v) is 19.9. The molecule has 0 fully saturated rings. The van der Waals surface area contributed by atoms with Crippen LogP contribution in [0.2, 0.25) is 0 Å². The fourth-order valence-corrected chi connectivity index (χ4v) is 7.06. The van der Waals surface area contributed by atoms with Crippen LogP contribution in [0.15, 0.2) is 103 Å². The van der Waals surface area contributed by atoms with Crippen LogP contribution in [0.1, 0.15) is 0 Å². The lowest BCUT2D eigenvalue weighted by molar-refractivity contribution is 1.28. The molecule has 9 rings (SSSR count). The largest absolute Gasteiger partial charge is 0.291 e. The summed E-state index contributed by atoms with van der Waals surface area (Å²) in [6.07, 6.45) is 0. The standard InChI is InChI=1S/C32H17N3S/c1-5-11-26-21(8-1)29-19(18-13-16-28-23(17-18)20-7-2-6-12-27(20)36-28)14-15-22-30-32(35(26)31(22)29)34-25-10-4-3-9-24(25)33-30/h1-17H. The molecule has 3 nitrogen and oxygen atoms in total. The minimum Gasteiger partial charge on any atom is -0.291 e. The van der Waals surface area contributed by atoms with Crippen LogP contribution in [0.3, 0.4) is 0 Å². The second kappa shape index (κ2) is 6.56. The van der Waals surface area contributed by atoms with Crippen molar-refractivity contribution in [1.82, 2.24) is 14.4 Å². The molecule has 166 valence electrons. The maximum absolute atomic E-state index is 5.09. The molecule has 0 unspecified atom stereocenters. The molecule has 0 N–H and O–H groups in total. The number of nitrogens with zero attached hydrogens (tertiary/aromatic N) is 3. The van der Waals surface area contributed by atoms with Crippen LogP contribution in [0, 0.1) is 0 Å². The molecular formula is C32H17N3S. The van der Waals surface area contributed by atoms with Gasteiger partial charge in [-0.25, -0.2) is 9.97 Å². The van der Waals surface area contributed by atoms with Crippen molar-refractivity contribution in [3.63, 3.8) is 0 Å². The first-order valence-corrected chi connectivity index (χ1v) is 12.9. The number of hydrogen-bond donors (Lipinski definition) is 0. The third-order valence-corrected chi connectivity index (χ3v) is 8.67. The van der Waals surface area contributed by atoms with E-state index in [1.807, 2.05) is 35.6 Å². The Balaban J connectivity index is 1.46. The summed E-state index contributed by atoms with van der Waals surface area (Å²) in [5.74, 6) is 0. The second-order valence-electron chi connectivity index (χ2n) is 9.43. The lowest BCUT2D eigenvalue weighted by Gasteiger charge is -2.06. The number of thiophene rings is 1. The summed E-state index contributed by atoms with van der Waals surface area (Å²) in [6, 6.07) is 36.9. The number of aromatic nitrogens is 3. The molecule has 0 bridgehead atoms. The van der Waals surface area contributed by atoms with Crippen LogP contribution >= 0.6 is 11.3 Å². The van der Waals surface area contributed by atoms with E-state index >= 15 is 0 Å². The third-order valence-electron chi connectivity index (χ3n) is 7.52. The SMILES string of the molecule is c1ccc2nc3c(nc2c1)c1ccc(-c2ccc4sc5ccccc5c4c2)c2c4ccccc4n3c12. The van der Waals surface area contributed by atoms with Crippen molar-refractivity contribution in [2.75, 3.05) is 0 Å². The van der Waals surface area contributed by atoms with E-state index in [0.29, 0.717) is 0 Å². The molecular weight excluding hydrogens is 458 g/mol. The Hall–Kier alpha value is -4.54. The summed E-state index contributed by atoms with van der Waals surface area (Å²) in [7, 11) is 0. The predicted molar refractivity (Wildman–Crippen MR) is 153 cm³/mol. The molecule has 36 heavy (non-hydrogen) atoms. The van der Waals surface area contributed by atoms with Crippen LogP contribution in [-0.2, 0) is 0 Å². The summed E-state index contributed by atoms with van der Waals surface area (Å²) in [5, 5.41) is 6.32. The molecule has 0 aliphatic rings. The normalized spacial score (nSPS) is 12.4. The van der Waals surface area contributed by atoms with Gasteiger partial charge in [0.05, 0.1) is 22.1 Å². The van der Waals surface area contributed by atoms with Gasteiger partial charge in [0.1, 0.15) is 5.52 Å². The molecule has 0 spiro atoms. The molecule has 4 heteroatoms. The average Bonchev–Trinajstić information content (AvgIpc) is 3.58.